The number of aliphatic hydroxyl groups excluding tert-OH is 1. The Balaban J connectivity index is 1.81. The summed E-state index contributed by atoms with van der Waals surface area (Å²) in [6.45, 7) is 8.25. The summed E-state index contributed by atoms with van der Waals surface area (Å²) < 4.78 is 5.47. The van der Waals surface area contributed by atoms with Crippen LogP contribution < -0.4 is 9.64 Å². The highest BCUT2D eigenvalue weighted by Crippen LogP contribution is 2.40. The predicted octanol–water partition coefficient (Wildman–Crippen LogP) is 4.49. The second-order valence-corrected chi connectivity index (χ2v) is 8.33. The quantitative estimate of drug-likeness (QED) is 0.520. The van der Waals surface area contributed by atoms with E-state index >= 15 is 0 Å². The number of rotatable bonds is 7. The third-order valence-corrected chi connectivity index (χ3v) is 5.67. The summed E-state index contributed by atoms with van der Waals surface area (Å²) >= 11 is 0. The van der Waals surface area contributed by atoms with Gasteiger partial charge in [0.15, 0.2) is 17.4 Å². The number of carbonyl (C=O) groups is 2. The number of benzene rings is 1. The van der Waals surface area contributed by atoms with Gasteiger partial charge in [-0.15, -0.1) is 5.10 Å². The van der Waals surface area contributed by atoms with Crippen molar-refractivity contribution >= 4 is 17.5 Å². The third-order valence-electron chi connectivity index (χ3n) is 5.67. The summed E-state index contributed by atoms with van der Waals surface area (Å²) in [5, 5.41) is 19.0. The SMILES string of the molecule is CCOc1ccc(C2C(C(=O)c3ccc(C(C)C)cc3)=C(O)C(=O)N2c2ccc(C)nn2)nc1. The van der Waals surface area contributed by atoms with Crippen molar-refractivity contribution in [2.24, 2.45) is 0 Å². The van der Waals surface area contributed by atoms with Crippen LogP contribution >= 0.6 is 0 Å². The second kappa shape index (κ2) is 9.43. The molecule has 0 radical (unpaired) electrons. The number of Topliss-reactive ketones (excluding diaryl/α,β-unsaturated/α-hetero) is 1. The number of aromatic nitrogens is 3. The molecule has 0 saturated heterocycles. The molecule has 0 aliphatic carbocycles. The van der Waals surface area contributed by atoms with Crippen LogP contribution in [0.1, 0.15) is 60.0 Å². The highest BCUT2D eigenvalue weighted by molar-refractivity contribution is 6.20. The van der Waals surface area contributed by atoms with Gasteiger partial charge in [0.05, 0.1) is 29.8 Å². The fourth-order valence-corrected chi connectivity index (χ4v) is 3.85. The number of aryl methyl sites for hydroxylation is 1. The van der Waals surface area contributed by atoms with Crippen molar-refractivity contribution in [1.29, 1.82) is 0 Å². The summed E-state index contributed by atoms with van der Waals surface area (Å²) in [5.41, 5.74) is 2.46. The van der Waals surface area contributed by atoms with Gasteiger partial charge in [0, 0.05) is 5.56 Å². The number of ether oxygens (including phenoxy) is 1. The van der Waals surface area contributed by atoms with Gasteiger partial charge >= 0.3 is 0 Å². The highest BCUT2D eigenvalue weighted by Gasteiger charge is 2.46. The van der Waals surface area contributed by atoms with Crippen molar-refractivity contribution in [3.63, 3.8) is 0 Å². The molecule has 4 rings (SSSR count). The lowest BCUT2D eigenvalue weighted by molar-refractivity contribution is -0.117. The molecule has 1 aliphatic heterocycles. The molecule has 1 atom stereocenters. The molecule has 1 amide bonds. The van der Waals surface area contributed by atoms with Crippen LogP contribution in [0.3, 0.4) is 0 Å². The predicted molar refractivity (Wildman–Crippen MR) is 127 cm³/mol. The Morgan fingerprint density at radius 3 is 2.38 bits per heavy atom. The van der Waals surface area contributed by atoms with Crippen LogP contribution in [0.25, 0.3) is 0 Å². The Hall–Kier alpha value is -4.07. The largest absolute Gasteiger partial charge is 0.503 e. The summed E-state index contributed by atoms with van der Waals surface area (Å²) in [7, 11) is 0. The van der Waals surface area contributed by atoms with Crippen LogP contribution in [0.5, 0.6) is 5.75 Å². The van der Waals surface area contributed by atoms with Crippen molar-refractivity contribution in [3.8, 4) is 5.75 Å². The molecule has 1 aromatic carbocycles. The molecule has 34 heavy (non-hydrogen) atoms. The van der Waals surface area contributed by atoms with E-state index in [0.29, 0.717) is 35.2 Å². The van der Waals surface area contributed by atoms with E-state index in [1.807, 2.05) is 19.1 Å². The summed E-state index contributed by atoms with van der Waals surface area (Å²) in [6.07, 6.45) is 1.53. The van der Waals surface area contributed by atoms with Crippen molar-refractivity contribution in [3.05, 3.63) is 88.6 Å². The zero-order chi connectivity index (χ0) is 24.4. The molecule has 1 unspecified atom stereocenters. The van der Waals surface area contributed by atoms with Crippen molar-refractivity contribution < 1.29 is 19.4 Å². The van der Waals surface area contributed by atoms with Gasteiger partial charge < -0.3 is 9.84 Å². The third kappa shape index (κ3) is 4.26. The van der Waals surface area contributed by atoms with Crippen LogP contribution in [0.15, 0.2) is 66.1 Å². The Labute approximate surface area is 197 Å². The molecular formula is C26H26N4O4. The minimum Gasteiger partial charge on any atom is -0.503 e. The zero-order valence-corrected chi connectivity index (χ0v) is 19.5. The van der Waals surface area contributed by atoms with E-state index in [1.165, 1.54) is 11.1 Å². The number of amides is 1. The van der Waals surface area contributed by atoms with Crippen molar-refractivity contribution in [2.75, 3.05) is 11.5 Å². The van der Waals surface area contributed by atoms with Gasteiger partial charge in [-0.3, -0.25) is 19.5 Å². The maximum absolute atomic E-state index is 13.6. The number of anilines is 1. The monoisotopic (exact) mass is 458 g/mol. The minimum absolute atomic E-state index is 0.0543. The van der Waals surface area contributed by atoms with Gasteiger partial charge in [-0.2, -0.15) is 5.10 Å². The highest BCUT2D eigenvalue weighted by atomic mass is 16.5. The molecule has 8 heteroatoms. The maximum Gasteiger partial charge on any atom is 0.295 e. The van der Waals surface area contributed by atoms with E-state index in [4.69, 9.17) is 4.74 Å². The Kier molecular flexibility index (Phi) is 6.40. The molecule has 0 spiro atoms. The number of pyridine rings is 1. The first-order chi connectivity index (χ1) is 16.3. The Morgan fingerprint density at radius 2 is 1.82 bits per heavy atom. The van der Waals surface area contributed by atoms with Gasteiger partial charge in [0.1, 0.15) is 11.8 Å². The lowest BCUT2D eigenvalue weighted by Gasteiger charge is -2.25. The molecule has 0 saturated carbocycles. The lowest BCUT2D eigenvalue weighted by atomic mass is 9.93. The number of nitrogens with zero attached hydrogens (tertiary/aromatic N) is 4. The fraction of sp³-hybridized carbons (Fsp3) is 0.269. The number of hydrogen-bond donors (Lipinski definition) is 1. The normalized spacial score (nSPS) is 15.9. The first-order valence-electron chi connectivity index (χ1n) is 11.1. The van der Waals surface area contributed by atoms with Crippen molar-refractivity contribution in [1.82, 2.24) is 15.2 Å². The summed E-state index contributed by atoms with van der Waals surface area (Å²) in [4.78, 5) is 32.5. The molecule has 8 nitrogen and oxygen atoms in total. The van der Waals surface area contributed by atoms with Crippen molar-refractivity contribution in [2.45, 2.75) is 39.7 Å². The first kappa shape index (κ1) is 23.1. The second-order valence-electron chi connectivity index (χ2n) is 8.33. The number of ketones is 1. The molecule has 174 valence electrons. The average molecular weight is 459 g/mol. The van der Waals surface area contributed by atoms with Crippen LogP contribution in [0.4, 0.5) is 5.82 Å². The molecule has 3 heterocycles. The van der Waals surface area contributed by atoms with Crippen LogP contribution in [0.2, 0.25) is 0 Å². The topological polar surface area (TPSA) is 106 Å². The van der Waals surface area contributed by atoms with E-state index in [-0.39, 0.29) is 11.4 Å². The minimum atomic E-state index is -0.975. The first-order valence-corrected chi connectivity index (χ1v) is 11.1. The van der Waals surface area contributed by atoms with E-state index in [1.54, 1.807) is 43.3 Å². The van der Waals surface area contributed by atoms with E-state index in [0.717, 1.165) is 5.56 Å². The van der Waals surface area contributed by atoms with Crippen LogP contribution in [0, 0.1) is 6.92 Å². The zero-order valence-electron chi connectivity index (χ0n) is 19.5. The van der Waals surface area contributed by atoms with Gasteiger partial charge in [-0.05, 0) is 49.6 Å². The number of hydrogen-bond acceptors (Lipinski definition) is 7. The summed E-state index contributed by atoms with van der Waals surface area (Å²) in [5.74, 6) is -0.740. The molecule has 3 aromatic rings. The lowest BCUT2D eigenvalue weighted by Crippen LogP contribution is -2.32. The molecule has 0 fully saturated rings. The van der Waals surface area contributed by atoms with E-state index in [2.05, 4.69) is 29.0 Å². The van der Waals surface area contributed by atoms with Crippen LogP contribution in [-0.4, -0.2) is 38.6 Å². The molecular weight excluding hydrogens is 432 g/mol. The summed E-state index contributed by atoms with van der Waals surface area (Å²) in [6, 6.07) is 12.9. The average Bonchev–Trinajstić information content (AvgIpc) is 3.10. The van der Waals surface area contributed by atoms with Gasteiger partial charge in [0.2, 0.25) is 0 Å². The van der Waals surface area contributed by atoms with Gasteiger partial charge in [0.25, 0.3) is 5.91 Å². The molecule has 0 bridgehead atoms. The molecule has 1 aliphatic rings. The van der Waals surface area contributed by atoms with Crippen LogP contribution in [-0.2, 0) is 4.79 Å². The standard InChI is InChI=1S/C26H26N4O4/c1-5-34-19-11-12-20(27-14-19)23-22(24(31)18-9-7-17(8-10-18)15(2)3)25(32)26(33)30(23)21-13-6-16(4)28-29-21/h6-15,23,32H,5H2,1-4H3. The Morgan fingerprint density at radius 1 is 1.09 bits per heavy atom. The van der Waals surface area contributed by atoms with Gasteiger partial charge in [-0.25, -0.2) is 0 Å². The van der Waals surface area contributed by atoms with E-state index < -0.39 is 23.5 Å². The van der Waals surface area contributed by atoms with E-state index in [9.17, 15) is 14.7 Å². The number of aliphatic hydroxyl groups is 1. The smallest absolute Gasteiger partial charge is 0.295 e. The Bertz CT molecular complexity index is 1230. The fourth-order valence-electron chi connectivity index (χ4n) is 3.85. The molecule has 1 N–H and O–H groups in total. The maximum atomic E-state index is 13.6. The molecule has 2 aromatic heterocycles. The van der Waals surface area contributed by atoms with Gasteiger partial charge in [-0.1, -0.05) is 38.1 Å². The number of carbonyl (C=O) groups excluding carboxylic acids is 2.